The summed E-state index contributed by atoms with van der Waals surface area (Å²) in [6.45, 7) is 2.48. The Labute approximate surface area is 189 Å². The van der Waals surface area contributed by atoms with Crippen LogP contribution in [0.5, 0.6) is 17.2 Å². The highest BCUT2D eigenvalue weighted by Crippen LogP contribution is 2.27. The summed E-state index contributed by atoms with van der Waals surface area (Å²) in [6, 6.07) is 17.9. The van der Waals surface area contributed by atoms with Gasteiger partial charge in [-0.25, -0.2) is 9.59 Å². The van der Waals surface area contributed by atoms with Gasteiger partial charge in [-0.15, -0.1) is 0 Å². The van der Waals surface area contributed by atoms with Crippen molar-refractivity contribution in [3.63, 3.8) is 0 Å². The van der Waals surface area contributed by atoms with Gasteiger partial charge in [0.25, 0.3) is 0 Å². The van der Waals surface area contributed by atoms with E-state index in [0.29, 0.717) is 17.9 Å². The molecule has 0 bridgehead atoms. The number of ether oxygens (including phenoxy) is 3. The van der Waals surface area contributed by atoms with Crippen LogP contribution >= 0.6 is 0 Å². The lowest BCUT2D eigenvalue weighted by Gasteiger charge is -2.09. The monoisotopic (exact) mass is 445 g/mol. The normalized spacial score (nSPS) is 10.8. The molecular weight excluding hydrogens is 426 g/mol. The van der Waals surface area contributed by atoms with Gasteiger partial charge in [-0.3, -0.25) is 4.99 Å². The smallest absolute Gasteiger partial charge is 0.379 e. The highest BCUT2D eigenvalue weighted by Gasteiger charge is 2.17. The highest BCUT2D eigenvalue weighted by atomic mass is 16.6. The van der Waals surface area contributed by atoms with Crippen molar-refractivity contribution in [3.8, 4) is 17.2 Å². The third-order valence-corrected chi connectivity index (χ3v) is 4.34. The summed E-state index contributed by atoms with van der Waals surface area (Å²) >= 11 is 0. The second kappa shape index (κ2) is 10.1. The molecule has 2 heterocycles. The van der Waals surface area contributed by atoms with Crippen molar-refractivity contribution in [1.29, 1.82) is 0 Å². The molecule has 0 aliphatic heterocycles. The average molecular weight is 445 g/mol. The molecule has 8 nitrogen and oxygen atoms in total. The van der Waals surface area contributed by atoms with Crippen LogP contribution in [0.2, 0.25) is 0 Å². The van der Waals surface area contributed by atoms with Gasteiger partial charge in [-0.05, 0) is 67.6 Å². The van der Waals surface area contributed by atoms with Crippen molar-refractivity contribution in [2.75, 3.05) is 6.61 Å². The first-order valence-electron chi connectivity index (χ1n) is 10.0. The van der Waals surface area contributed by atoms with E-state index in [-0.39, 0.29) is 23.0 Å². The standard InChI is InChI=1S/C25H19NO7/c1-2-29-19-11-8-18(9-12-19)26-16-17-7-10-20(32-24(27)21-5-3-13-30-21)15-23(17)33-25(28)22-6-4-14-31-22/h3-16H,2H2,1H3. The molecule has 0 unspecified atom stereocenters. The molecule has 0 saturated carbocycles. The van der Waals surface area contributed by atoms with Gasteiger partial charge in [-0.1, -0.05) is 0 Å². The van der Waals surface area contributed by atoms with Crippen molar-refractivity contribution in [2.45, 2.75) is 6.92 Å². The Balaban J connectivity index is 1.58. The lowest BCUT2D eigenvalue weighted by atomic mass is 10.2. The maximum absolute atomic E-state index is 12.4. The van der Waals surface area contributed by atoms with Gasteiger partial charge in [0.1, 0.15) is 17.2 Å². The number of nitrogens with zero attached hydrogens (tertiary/aromatic N) is 1. The molecule has 0 amide bonds. The molecule has 4 aromatic rings. The molecule has 0 saturated heterocycles. The maximum atomic E-state index is 12.4. The Kier molecular flexibility index (Phi) is 6.65. The van der Waals surface area contributed by atoms with Gasteiger partial charge in [0.05, 0.1) is 24.8 Å². The fourth-order valence-corrected chi connectivity index (χ4v) is 2.81. The third-order valence-electron chi connectivity index (χ3n) is 4.34. The second-order valence-corrected chi connectivity index (χ2v) is 6.62. The molecule has 0 radical (unpaired) electrons. The lowest BCUT2D eigenvalue weighted by Crippen LogP contribution is -2.10. The number of furan rings is 2. The van der Waals surface area contributed by atoms with Crippen LogP contribution in [0.4, 0.5) is 5.69 Å². The van der Waals surface area contributed by atoms with E-state index in [9.17, 15) is 9.59 Å². The first kappa shape index (κ1) is 21.6. The number of hydrogen-bond acceptors (Lipinski definition) is 8. The molecule has 4 rings (SSSR count). The third kappa shape index (κ3) is 5.56. The number of carbonyl (C=O) groups excluding carboxylic acids is 2. The SMILES string of the molecule is CCOc1ccc(N=Cc2ccc(OC(=O)c3ccco3)cc2OC(=O)c2ccco2)cc1. The van der Waals surface area contributed by atoms with Gasteiger partial charge in [-0.2, -0.15) is 0 Å². The second-order valence-electron chi connectivity index (χ2n) is 6.62. The van der Waals surface area contributed by atoms with Crippen LogP contribution in [0, 0.1) is 0 Å². The molecule has 0 aliphatic carbocycles. The minimum atomic E-state index is -0.703. The number of aliphatic imine (C=N–C) groups is 1. The Morgan fingerprint density at radius 2 is 1.48 bits per heavy atom. The van der Waals surface area contributed by atoms with Crippen LogP contribution in [0.15, 0.2) is 93.1 Å². The van der Waals surface area contributed by atoms with Crippen LogP contribution in [-0.4, -0.2) is 24.8 Å². The van der Waals surface area contributed by atoms with Crippen LogP contribution < -0.4 is 14.2 Å². The summed E-state index contributed by atoms with van der Waals surface area (Å²) in [5.41, 5.74) is 1.16. The molecule has 2 aromatic carbocycles. The van der Waals surface area contributed by atoms with Crippen LogP contribution in [0.25, 0.3) is 0 Å². The molecule has 0 atom stereocenters. The van der Waals surface area contributed by atoms with E-state index in [4.69, 9.17) is 23.0 Å². The van der Waals surface area contributed by atoms with Gasteiger partial charge < -0.3 is 23.0 Å². The van der Waals surface area contributed by atoms with Crippen molar-refractivity contribution in [1.82, 2.24) is 0 Å². The van der Waals surface area contributed by atoms with E-state index < -0.39 is 11.9 Å². The van der Waals surface area contributed by atoms with Crippen molar-refractivity contribution in [2.24, 2.45) is 4.99 Å². The topological polar surface area (TPSA) is 100 Å². The molecular formula is C25H19NO7. The Morgan fingerprint density at radius 1 is 0.848 bits per heavy atom. The largest absolute Gasteiger partial charge is 0.494 e. The summed E-state index contributed by atoms with van der Waals surface area (Å²) in [5, 5.41) is 0. The fraction of sp³-hybridized carbons (Fsp3) is 0.0800. The number of rotatable bonds is 8. The van der Waals surface area contributed by atoms with Crippen LogP contribution in [0.1, 0.15) is 33.6 Å². The average Bonchev–Trinajstić information content (AvgIpc) is 3.54. The minimum Gasteiger partial charge on any atom is -0.494 e. The number of benzene rings is 2. The molecule has 2 aromatic heterocycles. The van der Waals surface area contributed by atoms with E-state index in [1.54, 1.807) is 42.6 Å². The van der Waals surface area contributed by atoms with E-state index in [1.165, 1.54) is 30.7 Å². The predicted molar refractivity (Wildman–Crippen MR) is 119 cm³/mol. The first-order chi connectivity index (χ1) is 16.1. The van der Waals surface area contributed by atoms with Gasteiger partial charge in [0, 0.05) is 17.8 Å². The van der Waals surface area contributed by atoms with Crippen LogP contribution in [0.3, 0.4) is 0 Å². The summed E-state index contributed by atoms with van der Waals surface area (Å²) in [4.78, 5) is 29.0. The zero-order chi connectivity index (χ0) is 23.0. The Hall–Kier alpha value is -4.59. The highest BCUT2D eigenvalue weighted by molar-refractivity contribution is 5.92. The van der Waals surface area contributed by atoms with Gasteiger partial charge in [0.2, 0.25) is 11.5 Å². The molecule has 0 aliphatic rings. The van der Waals surface area contributed by atoms with E-state index in [0.717, 1.165) is 5.75 Å². The lowest BCUT2D eigenvalue weighted by molar-refractivity contribution is 0.0698. The predicted octanol–water partition coefficient (Wildman–Crippen LogP) is 5.46. The van der Waals surface area contributed by atoms with Gasteiger partial charge in [0.15, 0.2) is 0 Å². The molecule has 166 valence electrons. The Bertz CT molecular complexity index is 1240. The van der Waals surface area contributed by atoms with Gasteiger partial charge >= 0.3 is 11.9 Å². The summed E-state index contributed by atoms with van der Waals surface area (Å²) in [5.74, 6) is -0.267. The summed E-state index contributed by atoms with van der Waals surface area (Å²) in [6.07, 6.45) is 4.28. The van der Waals surface area contributed by atoms with E-state index >= 15 is 0 Å². The van der Waals surface area contributed by atoms with Crippen LogP contribution in [-0.2, 0) is 0 Å². The Morgan fingerprint density at radius 3 is 2.09 bits per heavy atom. The van der Waals surface area contributed by atoms with Crippen molar-refractivity contribution < 1.29 is 32.6 Å². The van der Waals surface area contributed by atoms with Crippen molar-refractivity contribution >= 4 is 23.8 Å². The molecule has 33 heavy (non-hydrogen) atoms. The van der Waals surface area contributed by atoms with E-state index in [1.807, 2.05) is 19.1 Å². The molecule has 0 N–H and O–H groups in total. The quantitative estimate of drug-likeness (QED) is 0.202. The maximum Gasteiger partial charge on any atom is 0.379 e. The summed E-state index contributed by atoms with van der Waals surface area (Å²) in [7, 11) is 0. The molecule has 0 fully saturated rings. The van der Waals surface area contributed by atoms with E-state index in [2.05, 4.69) is 4.99 Å². The molecule has 0 spiro atoms. The van der Waals surface area contributed by atoms with Crippen molar-refractivity contribution in [3.05, 3.63) is 96.3 Å². The summed E-state index contributed by atoms with van der Waals surface area (Å²) < 4.78 is 26.4. The first-order valence-corrected chi connectivity index (χ1v) is 10.0. The number of hydrogen-bond donors (Lipinski definition) is 0. The number of esters is 2. The number of carbonyl (C=O) groups is 2. The zero-order valence-corrected chi connectivity index (χ0v) is 17.6. The fourth-order valence-electron chi connectivity index (χ4n) is 2.81. The zero-order valence-electron chi connectivity index (χ0n) is 17.6. The molecule has 8 heteroatoms. The minimum absolute atomic E-state index is 0.0300.